The molecule has 2 aromatic carbocycles. The van der Waals surface area contributed by atoms with E-state index in [0.29, 0.717) is 23.1 Å². The Morgan fingerprint density at radius 3 is 2.43 bits per heavy atom. The number of benzene rings is 2. The third-order valence-corrected chi connectivity index (χ3v) is 3.04. The summed E-state index contributed by atoms with van der Waals surface area (Å²) in [6.45, 7) is 2.40. The van der Waals surface area contributed by atoms with Crippen LogP contribution < -0.4 is 9.47 Å². The Morgan fingerprint density at radius 1 is 1.10 bits per heavy atom. The lowest BCUT2D eigenvalue weighted by Crippen LogP contribution is -2.11. The molecule has 21 heavy (non-hydrogen) atoms. The molecule has 0 heterocycles. The monoisotopic (exact) mass is 306 g/mol. The molecule has 0 bridgehead atoms. The molecule has 0 saturated carbocycles. The van der Waals surface area contributed by atoms with Crippen LogP contribution in [-0.2, 0) is 0 Å². The zero-order valence-electron chi connectivity index (χ0n) is 11.5. The molecule has 0 aliphatic rings. The van der Waals surface area contributed by atoms with Gasteiger partial charge in [0, 0.05) is 5.02 Å². The van der Waals surface area contributed by atoms with E-state index in [1.807, 2.05) is 13.0 Å². The Bertz CT molecular complexity index is 623. The van der Waals surface area contributed by atoms with Crippen molar-refractivity contribution < 1.29 is 19.4 Å². The standard InChI is InChI=1S/C16H15ClO4/c1-11-2-7-15(14(10-11)16(18)19)21-9-8-20-13-5-3-12(17)4-6-13/h2-7,10H,8-9H2,1H3,(H,18,19). The minimum Gasteiger partial charge on any atom is -0.490 e. The van der Waals surface area contributed by atoms with Crippen LogP contribution in [0.1, 0.15) is 15.9 Å². The molecule has 1 N–H and O–H groups in total. The van der Waals surface area contributed by atoms with Gasteiger partial charge in [-0.2, -0.15) is 0 Å². The summed E-state index contributed by atoms with van der Waals surface area (Å²) in [4.78, 5) is 11.1. The highest BCUT2D eigenvalue weighted by Gasteiger charge is 2.11. The molecule has 0 amide bonds. The number of ether oxygens (including phenoxy) is 2. The first-order chi connectivity index (χ1) is 10.1. The summed E-state index contributed by atoms with van der Waals surface area (Å²) in [6.07, 6.45) is 0. The average molecular weight is 307 g/mol. The van der Waals surface area contributed by atoms with Crippen molar-refractivity contribution in [3.05, 3.63) is 58.6 Å². The molecule has 0 atom stereocenters. The van der Waals surface area contributed by atoms with Crippen molar-refractivity contribution in [1.29, 1.82) is 0 Å². The maximum absolute atomic E-state index is 11.1. The van der Waals surface area contributed by atoms with E-state index in [1.54, 1.807) is 36.4 Å². The lowest BCUT2D eigenvalue weighted by molar-refractivity contribution is 0.0691. The van der Waals surface area contributed by atoms with Crippen LogP contribution in [0.25, 0.3) is 0 Å². The number of rotatable bonds is 6. The van der Waals surface area contributed by atoms with E-state index < -0.39 is 5.97 Å². The number of halogens is 1. The minimum absolute atomic E-state index is 0.154. The molecule has 2 rings (SSSR count). The summed E-state index contributed by atoms with van der Waals surface area (Å²) in [6, 6.07) is 12.0. The van der Waals surface area contributed by atoms with Crippen LogP contribution in [0.4, 0.5) is 0 Å². The highest BCUT2D eigenvalue weighted by atomic mass is 35.5. The van der Waals surface area contributed by atoms with Gasteiger partial charge in [-0.05, 0) is 43.3 Å². The highest BCUT2D eigenvalue weighted by molar-refractivity contribution is 6.30. The van der Waals surface area contributed by atoms with Gasteiger partial charge in [-0.1, -0.05) is 23.2 Å². The third kappa shape index (κ3) is 4.39. The van der Waals surface area contributed by atoms with E-state index in [2.05, 4.69) is 0 Å². The van der Waals surface area contributed by atoms with Crippen molar-refractivity contribution in [1.82, 2.24) is 0 Å². The number of hydrogen-bond donors (Lipinski definition) is 1. The Balaban J connectivity index is 1.89. The van der Waals surface area contributed by atoms with Crippen molar-refractivity contribution >= 4 is 17.6 Å². The van der Waals surface area contributed by atoms with Crippen LogP contribution in [0.15, 0.2) is 42.5 Å². The number of carbonyl (C=O) groups is 1. The molecular formula is C16H15ClO4. The molecule has 110 valence electrons. The fourth-order valence-corrected chi connectivity index (χ4v) is 1.90. The second-order valence-electron chi connectivity index (χ2n) is 4.46. The molecule has 4 nitrogen and oxygen atoms in total. The summed E-state index contributed by atoms with van der Waals surface area (Å²) in [5.41, 5.74) is 1.03. The molecular weight excluding hydrogens is 292 g/mol. The van der Waals surface area contributed by atoms with Crippen molar-refractivity contribution in [2.75, 3.05) is 13.2 Å². The van der Waals surface area contributed by atoms with Crippen LogP contribution in [0.2, 0.25) is 5.02 Å². The number of carboxylic acid groups (broad SMARTS) is 1. The van der Waals surface area contributed by atoms with E-state index in [1.165, 1.54) is 0 Å². The summed E-state index contributed by atoms with van der Waals surface area (Å²) in [5, 5.41) is 9.77. The first-order valence-corrected chi connectivity index (χ1v) is 6.79. The number of hydrogen-bond acceptors (Lipinski definition) is 3. The summed E-state index contributed by atoms with van der Waals surface area (Å²) in [5.74, 6) is 0.0190. The molecule has 0 fully saturated rings. The molecule has 0 unspecified atom stereocenters. The zero-order chi connectivity index (χ0) is 15.2. The van der Waals surface area contributed by atoms with Crippen molar-refractivity contribution in [3.8, 4) is 11.5 Å². The number of aromatic carboxylic acids is 1. The second kappa shape index (κ2) is 6.99. The van der Waals surface area contributed by atoms with Crippen molar-refractivity contribution in [2.24, 2.45) is 0 Å². The smallest absolute Gasteiger partial charge is 0.339 e. The SMILES string of the molecule is Cc1ccc(OCCOc2ccc(Cl)cc2)c(C(=O)O)c1. The largest absolute Gasteiger partial charge is 0.490 e. The normalized spacial score (nSPS) is 10.2. The maximum atomic E-state index is 11.1. The van der Waals surface area contributed by atoms with E-state index >= 15 is 0 Å². The molecule has 5 heteroatoms. The minimum atomic E-state index is -1.01. The predicted octanol–water partition coefficient (Wildman–Crippen LogP) is 3.80. The van der Waals surface area contributed by atoms with Gasteiger partial charge in [-0.3, -0.25) is 0 Å². The van der Waals surface area contributed by atoms with Gasteiger partial charge < -0.3 is 14.6 Å². The lowest BCUT2D eigenvalue weighted by atomic mass is 10.1. The van der Waals surface area contributed by atoms with Gasteiger partial charge in [-0.25, -0.2) is 4.79 Å². The van der Waals surface area contributed by atoms with E-state index in [4.69, 9.17) is 26.2 Å². The van der Waals surface area contributed by atoms with Crippen LogP contribution in [0, 0.1) is 6.92 Å². The molecule has 2 aromatic rings. The fourth-order valence-electron chi connectivity index (χ4n) is 1.78. The molecule has 0 aliphatic heterocycles. The first kappa shape index (κ1) is 15.2. The van der Waals surface area contributed by atoms with Gasteiger partial charge >= 0.3 is 5.97 Å². The summed E-state index contributed by atoms with van der Waals surface area (Å²) in [7, 11) is 0. The first-order valence-electron chi connectivity index (χ1n) is 6.41. The summed E-state index contributed by atoms with van der Waals surface area (Å²) < 4.78 is 10.9. The quantitative estimate of drug-likeness (QED) is 0.825. The highest BCUT2D eigenvalue weighted by Crippen LogP contribution is 2.20. The predicted molar refractivity (Wildman–Crippen MR) is 80.6 cm³/mol. The summed E-state index contributed by atoms with van der Waals surface area (Å²) >= 11 is 5.78. The maximum Gasteiger partial charge on any atom is 0.339 e. The van der Waals surface area contributed by atoms with Gasteiger partial charge in [0.25, 0.3) is 0 Å². The molecule has 0 spiro atoms. The van der Waals surface area contributed by atoms with Crippen LogP contribution in [0.5, 0.6) is 11.5 Å². The van der Waals surface area contributed by atoms with Crippen molar-refractivity contribution in [3.63, 3.8) is 0 Å². The Kier molecular flexibility index (Phi) is 5.06. The zero-order valence-corrected chi connectivity index (χ0v) is 12.3. The molecule has 0 aliphatic carbocycles. The topological polar surface area (TPSA) is 55.8 Å². The van der Waals surface area contributed by atoms with Crippen LogP contribution in [-0.4, -0.2) is 24.3 Å². The number of carboxylic acids is 1. The van der Waals surface area contributed by atoms with Crippen LogP contribution >= 0.6 is 11.6 Å². The lowest BCUT2D eigenvalue weighted by Gasteiger charge is -2.11. The fraction of sp³-hybridized carbons (Fsp3) is 0.188. The Hall–Kier alpha value is -2.20. The number of aryl methyl sites for hydroxylation is 1. The van der Waals surface area contributed by atoms with Gasteiger partial charge in [-0.15, -0.1) is 0 Å². The molecule has 0 aromatic heterocycles. The third-order valence-electron chi connectivity index (χ3n) is 2.79. The Morgan fingerprint density at radius 2 is 1.76 bits per heavy atom. The second-order valence-corrected chi connectivity index (χ2v) is 4.89. The molecule has 0 radical (unpaired) electrons. The van der Waals surface area contributed by atoms with E-state index in [0.717, 1.165) is 5.56 Å². The van der Waals surface area contributed by atoms with Gasteiger partial charge in [0.1, 0.15) is 30.3 Å². The van der Waals surface area contributed by atoms with Gasteiger partial charge in [0.05, 0.1) is 0 Å². The van der Waals surface area contributed by atoms with Crippen molar-refractivity contribution in [2.45, 2.75) is 6.92 Å². The van der Waals surface area contributed by atoms with Gasteiger partial charge in [0.15, 0.2) is 0 Å². The van der Waals surface area contributed by atoms with E-state index in [9.17, 15) is 4.79 Å². The van der Waals surface area contributed by atoms with E-state index in [-0.39, 0.29) is 12.2 Å². The molecule has 0 saturated heterocycles. The average Bonchev–Trinajstić information content (AvgIpc) is 2.46. The van der Waals surface area contributed by atoms with Gasteiger partial charge in [0.2, 0.25) is 0 Å². The Labute approximate surface area is 127 Å². The van der Waals surface area contributed by atoms with Crippen LogP contribution in [0.3, 0.4) is 0 Å².